The van der Waals surface area contributed by atoms with Gasteiger partial charge in [-0.05, 0) is 18.1 Å². The first-order chi connectivity index (χ1) is 12.0. The van der Waals surface area contributed by atoms with Crippen molar-refractivity contribution in [2.45, 2.75) is 63.4 Å². The smallest absolute Gasteiger partial charge is 0.330 e. The number of rotatable bonds is 6. The van der Waals surface area contributed by atoms with Crippen LogP contribution in [0.25, 0.3) is 0 Å². The van der Waals surface area contributed by atoms with Crippen molar-refractivity contribution in [3.05, 3.63) is 33.1 Å². The number of hydrogen-bond donors (Lipinski definition) is 2. The van der Waals surface area contributed by atoms with E-state index in [9.17, 15) is 9.59 Å². The second kappa shape index (κ2) is 7.75. The Balaban J connectivity index is 2.39. The van der Waals surface area contributed by atoms with E-state index in [1.165, 1.54) is 23.9 Å². The molecule has 2 heterocycles. The maximum Gasteiger partial charge on any atom is 0.330 e. The zero-order chi connectivity index (χ0) is 19.7. The van der Waals surface area contributed by atoms with Gasteiger partial charge in [0.2, 0.25) is 0 Å². The molecule has 0 spiro atoms. The SMILES string of the molecule is COC1C(O[Si](C)(C)C(C)(C)C)[C@@H](CON)O[C@H]1n1ccc(=O)[nH]c1=O. The van der Waals surface area contributed by atoms with Gasteiger partial charge in [0.05, 0.1) is 6.61 Å². The van der Waals surface area contributed by atoms with Gasteiger partial charge < -0.3 is 18.7 Å². The summed E-state index contributed by atoms with van der Waals surface area (Å²) in [5.41, 5.74) is -1.06. The Kier molecular flexibility index (Phi) is 6.26. The molecule has 0 bridgehead atoms. The molecule has 0 saturated carbocycles. The molecule has 0 aromatic carbocycles. The monoisotopic (exact) mass is 387 g/mol. The van der Waals surface area contributed by atoms with Gasteiger partial charge in [0.25, 0.3) is 5.56 Å². The topological polar surface area (TPSA) is 118 Å². The van der Waals surface area contributed by atoms with Crippen molar-refractivity contribution >= 4 is 8.32 Å². The van der Waals surface area contributed by atoms with Gasteiger partial charge in [-0.1, -0.05) is 20.8 Å². The first-order valence-electron chi connectivity index (χ1n) is 8.51. The Morgan fingerprint density at radius 1 is 1.31 bits per heavy atom. The van der Waals surface area contributed by atoms with Crippen LogP contribution in [0.15, 0.2) is 21.9 Å². The van der Waals surface area contributed by atoms with E-state index in [4.69, 9.17) is 24.6 Å². The van der Waals surface area contributed by atoms with Crippen LogP contribution < -0.4 is 17.1 Å². The van der Waals surface area contributed by atoms with E-state index in [0.29, 0.717) is 0 Å². The van der Waals surface area contributed by atoms with Crippen LogP contribution in [0.4, 0.5) is 0 Å². The van der Waals surface area contributed by atoms with Gasteiger partial charge in [-0.2, -0.15) is 0 Å². The lowest BCUT2D eigenvalue weighted by Gasteiger charge is -2.40. The molecule has 1 aromatic rings. The lowest BCUT2D eigenvalue weighted by Crippen LogP contribution is -2.50. The third-order valence-corrected chi connectivity index (χ3v) is 9.65. The van der Waals surface area contributed by atoms with E-state index < -0.39 is 44.1 Å². The molecule has 1 aromatic heterocycles. The number of hydrogen-bond acceptors (Lipinski definition) is 7. The number of ether oxygens (including phenoxy) is 2. The summed E-state index contributed by atoms with van der Waals surface area (Å²) >= 11 is 0. The van der Waals surface area contributed by atoms with Crippen molar-refractivity contribution in [3.8, 4) is 0 Å². The first-order valence-corrected chi connectivity index (χ1v) is 11.4. The van der Waals surface area contributed by atoms with Gasteiger partial charge in [-0.3, -0.25) is 14.3 Å². The molecular formula is C16H29N3O6Si. The van der Waals surface area contributed by atoms with Crippen LogP contribution >= 0.6 is 0 Å². The number of aromatic amines is 1. The lowest BCUT2D eigenvalue weighted by molar-refractivity contribution is -0.0724. The molecule has 3 N–H and O–H groups in total. The summed E-state index contributed by atoms with van der Waals surface area (Å²) < 4.78 is 19.4. The average molecular weight is 388 g/mol. The summed E-state index contributed by atoms with van der Waals surface area (Å²) in [7, 11) is -0.620. The van der Waals surface area contributed by atoms with Gasteiger partial charge in [0, 0.05) is 19.4 Å². The van der Waals surface area contributed by atoms with Crippen LogP contribution in [-0.2, 0) is 18.7 Å². The summed E-state index contributed by atoms with van der Waals surface area (Å²) in [4.78, 5) is 30.5. The summed E-state index contributed by atoms with van der Waals surface area (Å²) in [5.74, 6) is 5.26. The highest BCUT2D eigenvalue weighted by Gasteiger charge is 2.51. The average Bonchev–Trinajstić information content (AvgIpc) is 2.83. The van der Waals surface area contributed by atoms with Gasteiger partial charge in [-0.25, -0.2) is 10.7 Å². The molecule has 0 aliphatic carbocycles. The molecule has 1 aliphatic heterocycles. The minimum Gasteiger partial charge on any atom is -0.408 e. The van der Waals surface area contributed by atoms with Crippen LogP contribution in [0, 0.1) is 0 Å². The van der Waals surface area contributed by atoms with Crippen molar-refractivity contribution in [3.63, 3.8) is 0 Å². The Morgan fingerprint density at radius 3 is 2.46 bits per heavy atom. The molecule has 2 unspecified atom stereocenters. The van der Waals surface area contributed by atoms with Crippen LogP contribution in [0.2, 0.25) is 18.1 Å². The van der Waals surface area contributed by atoms with Crippen LogP contribution in [0.3, 0.4) is 0 Å². The fourth-order valence-corrected chi connectivity index (χ4v) is 4.02. The number of aromatic nitrogens is 2. The van der Waals surface area contributed by atoms with Crippen LogP contribution in [0.1, 0.15) is 27.0 Å². The predicted molar refractivity (Wildman–Crippen MR) is 98.2 cm³/mol. The van der Waals surface area contributed by atoms with Crippen molar-refractivity contribution < 1.29 is 18.7 Å². The molecule has 26 heavy (non-hydrogen) atoms. The van der Waals surface area contributed by atoms with E-state index in [-0.39, 0.29) is 11.6 Å². The zero-order valence-corrected chi connectivity index (χ0v) is 17.1. The van der Waals surface area contributed by atoms with Crippen molar-refractivity contribution in [2.24, 2.45) is 5.90 Å². The fourth-order valence-electron chi connectivity index (χ4n) is 2.70. The van der Waals surface area contributed by atoms with Gasteiger partial charge in [-0.15, -0.1) is 0 Å². The number of methoxy groups -OCH3 is 1. The molecule has 0 amide bonds. The van der Waals surface area contributed by atoms with Gasteiger partial charge in [0.15, 0.2) is 14.5 Å². The minimum atomic E-state index is -2.15. The van der Waals surface area contributed by atoms with E-state index in [0.717, 1.165) is 0 Å². The highest BCUT2D eigenvalue weighted by atomic mass is 28.4. The largest absolute Gasteiger partial charge is 0.408 e. The van der Waals surface area contributed by atoms with Crippen LogP contribution in [0.5, 0.6) is 0 Å². The summed E-state index contributed by atoms with van der Waals surface area (Å²) in [6.07, 6.45) is -0.921. The second-order valence-electron chi connectivity index (χ2n) is 7.96. The number of nitrogens with one attached hydrogen (secondary N) is 1. The maximum atomic E-state index is 12.2. The molecule has 10 heteroatoms. The van der Waals surface area contributed by atoms with E-state index >= 15 is 0 Å². The molecule has 1 saturated heterocycles. The number of H-pyrrole nitrogens is 1. The Labute approximate surface area is 153 Å². The standard InChI is InChI=1S/C16H29N3O6Si/c1-16(2,3)26(5,6)25-12-10(9-23-17)24-14(13(12)22-4)19-8-7-11(20)18-15(19)21/h7-8,10,12-14H,9,17H2,1-6H3,(H,18,20,21)/t10-,12?,13?,14-/m1/s1. The van der Waals surface area contributed by atoms with Crippen molar-refractivity contribution in [2.75, 3.05) is 13.7 Å². The molecular weight excluding hydrogens is 358 g/mol. The first kappa shape index (κ1) is 21.0. The molecule has 148 valence electrons. The van der Waals surface area contributed by atoms with E-state index in [2.05, 4.69) is 38.8 Å². The Hall–Kier alpha value is -1.30. The molecule has 0 radical (unpaired) electrons. The normalized spacial score (nSPS) is 27.0. The molecule has 2 rings (SSSR count). The molecule has 1 aliphatic rings. The fraction of sp³-hybridized carbons (Fsp3) is 0.750. The highest BCUT2D eigenvalue weighted by molar-refractivity contribution is 6.74. The van der Waals surface area contributed by atoms with Gasteiger partial charge in [0.1, 0.15) is 18.3 Å². The summed E-state index contributed by atoms with van der Waals surface area (Å²) in [5, 5.41) is -0.0215. The number of nitrogens with zero attached hydrogens (tertiary/aromatic N) is 1. The van der Waals surface area contributed by atoms with E-state index in [1.807, 2.05) is 0 Å². The maximum absolute atomic E-state index is 12.2. The van der Waals surface area contributed by atoms with Gasteiger partial charge >= 0.3 is 5.69 Å². The summed E-state index contributed by atoms with van der Waals surface area (Å²) in [6.45, 7) is 10.7. The Bertz CT molecular complexity index is 726. The third-order valence-electron chi connectivity index (χ3n) is 5.18. The highest BCUT2D eigenvalue weighted by Crippen LogP contribution is 2.41. The predicted octanol–water partition coefficient (Wildman–Crippen LogP) is 0.730. The summed E-state index contributed by atoms with van der Waals surface area (Å²) in [6, 6.07) is 1.26. The quantitative estimate of drug-likeness (QED) is 0.546. The Morgan fingerprint density at radius 2 is 1.96 bits per heavy atom. The van der Waals surface area contributed by atoms with Crippen LogP contribution in [-0.4, -0.2) is 49.9 Å². The lowest BCUT2D eigenvalue weighted by atomic mass is 10.1. The molecule has 1 fully saturated rings. The van der Waals surface area contributed by atoms with Crippen molar-refractivity contribution in [1.82, 2.24) is 9.55 Å². The number of nitrogens with two attached hydrogens (primary N) is 1. The van der Waals surface area contributed by atoms with E-state index in [1.54, 1.807) is 0 Å². The second-order valence-corrected chi connectivity index (χ2v) is 12.7. The molecule has 9 nitrogen and oxygen atoms in total. The molecule has 4 atom stereocenters. The third kappa shape index (κ3) is 4.16. The zero-order valence-electron chi connectivity index (χ0n) is 16.1. The van der Waals surface area contributed by atoms with Crippen molar-refractivity contribution in [1.29, 1.82) is 0 Å². The minimum absolute atomic E-state index is 0.0215.